The van der Waals surface area contributed by atoms with E-state index in [9.17, 15) is 9.59 Å². The Morgan fingerprint density at radius 1 is 1.56 bits per heavy atom. The predicted molar refractivity (Wildman–Crippen MR) is 58.6 cm³/mol. The van der Waals surface area contributed by atoms with Crippen molar-refractivity contribution < 1.29 is 19.1 Å². The summed E-state index contributed by atoms with van der Waals surface area (Å²) in [5.41, 5.74) is 0.973. The predicted octanol–water partition coefficient (Wildman–Crippen LogP) is 1.76. The largest absolute Gasteiger partial charge is 0.462 e. The van der Waals surface area contributed by atoms with Gasteiger partial charge in [0.15, 0.2) is 0 Å². The van der Waals surface area contributed by atoms with Crippen molar-refractivity contribution in [1.82, 2.24) is 0 Å². The molecule has 1 atom stereocenters. The minimum atomic E-state index is -0.363. The van der Waals surface area contributed by atoms with E-state index in [2.05, 4.69) is 6.58 Å². The van der Waals surface area contributed by atoms with Crippen LogP contribution in [0.1, 0.15) is 26.2 Å². The van der Waals surface area contributed by atoms with E-state index in [4.69, 9.17) is 9.47 Å². The van der Waals surface area contributed by atoms with E-state index in [-0.39, 0.29) is 24.6 Å². The first-order valence-electron chi connectivity index (χ1n) is 5.26. The van der Waals surface area contributed by atoms with Gasteiger partial charge < -0.3 is 9.47 Å². The summed E-state index contributed by atoms with van der Waals surface area (Å²) in [7, 11) is 0. The summed E-state index contributed by atoms with van der Waals surface area (Å²) in [6.45, 7) is 5.06. The Morgan fingerprint density at radius 3 is 2.94 bits per heavy atom. The van der Waals surface area contributed by atoms with Gasteiger partial charge in [0.05, 0.1) is 0 Å². The van der Waals surface area contributed by atoms with Crippen LogP contribution in [-0.4, -0.2) is 24.6 Å². The molecular weight excluding hydrogens is 208 g/mol. The van der Waals surface area contributed by atoms with Crippen molar-refractivity contribution in [3.05, 3.63) is 24.3 Å². The van der Waals surface area contributed by atoms with Gasteiger partial charge in [-0.3, -0.25) is 4.79 Å². The Morgan fingerprint density at radius 2 is 2.31 bits per heavy atom. The SMILES string of the molecule is C=CCOC(=O)/C=C1\CC[C@H](OC(C)=O)C1. The minimum Gasteiger partial charge on any atom is -0.462 e. The number of rotatable bonds is 4. The molecule has 4 nitrogen and oxygen atoms in total. The fourth-order valence-corrected chi connectivity index (χ4v) is 1.66. The molecule has 0 aromatic rings. The van der Waals surface area contributed by atoms with Crippen LogP contribution in [0.3, 0.4) is 0 Å². The summed E-state index contributed by atoms with van der Waals surface area (Å²) in [4.78, 5) is 22.0. The van der Waals surface area contributed by atoms with Crippen LogP contribution >= 0.6 is 0 Å². The van der Waals surface area contributed by atoms with Crippen LogP contribution < -0.4 is 0 Å². The highest BCUT2D eigenvalue weighted by molar-refractivity contribution is 5.83. The standard InChI is InChI=1S/C12H16O4/c1-3-6-15-12(14)8-10-4-5-11(7-10)16-9(2)13/h3,8,11H,1,4-7H2,2H3/b10-8+/t11-/m0/s1. The first-order valence-corrected chi connectivity index (χ1v) is 5.26. The maximum Gasteiger partial charge on any atom is 0.331 e. The highest BCUT2D eigenvalue weighted by Crippen LogP contribution is 2.27. The van der Waals surface area contributed by atoms with Gasteiger partial charge in [-0.1, -0.05) is 18.2 Å². The van der Waals surface area contributed by atoms with Crippen LogP contribution in [0.15, 0.2) is 24.3 Å². The lowest BCUT2D eigenvalue weighted by Crippen LogP contribution is -2.11. The van der Waals surface area contributed by atoms with Crippen LogP contribution in [0, 0.1) is 0 Å². The Bertz CT molecular complexity index is 317. The summed E-state index contributed by atoms with van der Waals surface area (Å²) in [5.74, 6) is -0.640. The quantitative estimate of drug-likeness (QED) is 0.415. The molecular formula is C12H16O4. The van der Waals surface area contributed by atoms with Crippen molar-refractivity contribution in [3.63, 3.8) is 0 Å². The molecule has 0 radical (unpaired) electrons. The molecule has 1 fully saturated rings. The van der Waals surface area contributed by atoms with E-state index in [0.29, 0.717) is 6.42 Å². The summed E-state index contributed by atoms with van der Waals surface area (Å²) in [6.07, 6.45) is 5.10. The maximum absolute atomic E-state index is 11.2. The van der Waals surface area contributed by atoms with Gasteiger partial charge in [0.1, 0.15) is 12.7 Å². The third kappa shape index (κ3) is 4.29. The second kappa shape index (κ2) is 6.10. The molecule has 0 amide bonds. The van der Waals surface area contributed by atoms with Crippen molar-refractivity contribution in [3.8, 4) is 0 Å². The third-order valence-electron chi connectivity index (χ3n) is 2.28. The van der Waals surface area contributed by atoms with Crippen molar-refractivity contribution in [2.75, 3.05) is 6.61 Å². The van der Waals surface area contributed by atoms with Crippen LogP contribution in [0.25, 0.3) is 0 Å². The number of carbonyl (C=O) groups excluding carboxylic acids is 2. The smallest absolute Gasteiger partial charge is 0.331 e. The number of hydrogen-bond acceptors (Lipinski definition) is 4. The van der Waals surface area contributed by atoms with Crippen LogP contribution in [0.5, 0.6) is 0 Å². The van der Waals surface area contributed by atoms with Gasteiger partial charge in [0, 0.05) is 19.4 Å². The van der Waals surface area contributed by atoms with Gasteiger partial charge in [-0.25, -0.2) is 4.79 Å². The second-order valence-electron chi connectivity index (χ2n) is 3.70. The first kappa shape index (κ1) is 12.5. The molecule has 0 spiro atoms. The zero-order chi connectivity index (χ0) is 12.0. The van der Waals surface area contributed by atoms with Crippen molar-refractivity contribution in [1.29, 1.82) is 0 Å². The van der Waals surface area contributed by atoms with E-state index in [1.54, 1.807) is 0 Å². The Labute approximate surface area is 94.9 Å². The number of carbonyl (C=O) groups is 2. The molecule has 0 saturated heterocycles. The van der Waals surface area contributed by atoms with E-state index >= 15 is 0 Å². The molecule has 0 heterocycles. The molecule has 1 aliphatic rings. The average molecular weight is 224 g/mol. The molecule has 1 saturated carbocycles. The van der Waals surface area contributed by atoms with Gasteiger partial charge in [-0.15, -0.1) is 0 Å². The lowest BCUT2D eigenvalue weighted by molar-refractivity contribution is -0.145. The summed E-state index contributed by atoms with van der Waals surface area (Å²) in [6, 6.07) is 0. The van der Waals surface area contributed by atoms with Gasteiger partial charge >= 0.3 is 11.9 Å². The van der Waals surface area contributed by atoms with Gasteiger partial charge in [-0.2, -0.15) is 0 Å². The fourth-order valence-electron chi connectivity index (χ4n) is 1.66. The number of esters is 2. The molecule has 1 aliphatic carbocycles. The number of hydrogen-bond donors (Lipinski definition) is 0. The highest BCUT2D eigenvalue weighted by atomic mass is 16.5. The van der Waals surface area contributed by atoms with Crippen LogP contribution in [-0.2, 0) is 19.1 Å². The van der Waals surface area contributed by atoms with Gasteiger partial charge in [-0.05, 0) is 12.8 Å². The summed E-state index contributed by atoms with van der Waals surface area (Å²) in [5, 5.41) is 0. The van der Waals surface area contributed by atoms with Crippen molar-refractivity contribution in [2.45, 2.75) is 32.3 Å². The molecule has 0 unspecified atom stereocenters. The average Bonchev–Trinajstić information content (AvgIpc) is 2.61. The summed E-state index contributed by atoms with van der Waals surface area (Å²) >= 11 is 0. The third-order valence-corrected chi connectivity index (χ3v) is 2.28. The molecule has 0 aromatic heterocycles. The van der Waals surface area contributed by atoms with Gasteiger partial charge in [0.25, 0.3) is 0 Å². The van der Waals surface area contributed by atoms with Crippen molar-refractivity contribution in [2.24, 2.45) is 0 Å². The molecule has 88 valence electrons. The highest BCUT2D eigenvalue weighted by Gasteiger charge is 2.22. The van der Waals surface area contributed by atoms with Gasteiger partial charge in [0.2, 0.25) is 0 Å². The molecule has 4 heteroatoms. The molecule has 0 bridgehead atoms. The van der Waals surface area contributed by atoms with E-state index in [0.717, 1.165) is 18.4 Å². The lowest BCUT2D eigenvalue weighted by Gasteiger charge is -2.07. The Kier molecular flexibility index (Phi) is 4.76. The van der Waals surface area contributed by atoms with Crippen LogP contribution in [0.2, 0.25) is 0 Å². The summed E-state index contributed by atoms with van der Waals surface area (Å²) < 4.78 is 9.88. The zero-order valence-corrected chi connectivity index (χ0v) is 9.40. The molecule has 16 heavy (non-hydrogen) atoms. The molecule has 0 N–H and O–H groups in total. The lowest BCUT2D eigenvalue weighted by atomic mass is 10.2. The minimum absolute atomic E-state index is 0.0871. The Balaban J connectivity index is 2.39. The Hall–Kier alpha value is -1.58. The monoisotopic (exact) mass is 224 g/mol. The number of ether oxygens (including phenoxy) is 2. The molecule has 1 rings (SSSR count). The van der Waals surface area contributed by atoms with Crippen molar-refractivity contribution >= 4 is 11.9 Å². The fraction of sp³-hybridized carbons (Fsp3) is 0.500. The maximum atomic E-state index is 11.2. The first-order chi connectivity index (χ1) is 7.61. The normalized spacial score (nSPS) is 21.8. The zero-order valence-electron chi connectivity index (χ0n) is 9.40. The van der Waals surface area contributed by atoms with E-state index in [1.807, 2.05) is 0 Å². The van der Waals surface area contributed by atoms with Crippen LogP contribution in [0.4, 0.5) is 0 Å². The molecule has 0 aromatic carbocycles. The van der Waals surface area contributed by atoms with E-state index < -0.39 is 0 Å². The topological polar surface area (TPSA) is 52.6 Å². The van der Waals surface area contributed by atoms with E-state index in [1.165, 1.54) is 19.1 Å². The second-order valence-corrected chi connectivity index (χ2v) is 3.70. The molecule has 0 aliphatic heterocycles.